The molecule has 0 bridgehead atoms. The van der Waals surface area contributed by atoms with Gasteiger partial charge in [-0.05, 0) is 22.0 Å². The molecule has 0 amide bonds. The van der Waals surface area contributed by atoms with Crippen molar-refractivity contribution in [1.29, 1.82) is 0 Å². The average Bonchev–Trinajstić information content (AvgIpc) is 2.34. The van der Waals surface area contributed by atoms with E-state index in [-0.39, 0.29) is 20.9 Å². The largest absolute Gasteiger partial charge is 0.274 e. The smallest absolute Gasteiger partial charge is 0.263 e. The van der Waals surface area contributed by atoms with Gasteiger partial charge in [0.05, 0.1) is 0 Å². The molecule has 100 valence electrons. The van der Waals surface area contributed by atoms with E-state index in [0.29, 0.717) is 4.47 Å². The van der Waals surface area contributed by atoms with Gasteiger partial charge in [-0.15, -0.1) is 0 Å². The molecule has 0 saturated carbocycles. The van der Waals surface area contributed by atoms with Gasteiger partial charge < -0.3 is 0 Å². The summed E-state index contributed by atoms with van der Waals surface area (Å²) in [5.41, 5.74) is -0.0780. The molecule has 2 aromatic heterocycles. The van der Waals surface area contributed by atoms with Crippen LogP contribution in [-0.4, -0.2) is 23.4 Å². The first-order valence-corrected chi connectivity index (χ1v) is 7.73. The molecule has 0 atom stereocenters. The third kappa shape index (κ3) is 3.33. The number of pyridine rings is 1. The topological polar surface area (TPSA) is 84.8 Å². The van der Waals surface area contributed by atoms with Crippen LogP contribution in [0.3, 0.4) is 0 Å². The van der Waals surface area contributed by atoms with Gasteiger partial charge in [-0.3, -0.25) is 9.71 Å². The number of halogens is 3. The standard InChI is InChI=1S/C9H5BrCl2N4O2S/c10-5-1-6(3-13-2-5)19(17,18)16-7-8(11)14-4-15-9(7)12/h1-4,16H. The second-order valence-electron chi connectivity index (χ2n) is 3.27. The maximum Gasteiger partial charge on any atom is 0.263 e. The predicted octanol–water partition coefficient (Wildman–Crippen LogP) is 2.74. The van der Waals surface area contributed by atoms with E-state index >= 15 is 0 Å². The minimum Gasteiger partial charge on any atom is -0.274 e. The Labute approximate surface area is 127 Å². The number of sulfonamides is 1. The Hall–Kier alpha value is -0.960. The first kappa shape index (κ1) is 14.4. The third-order valence-corrected chi connectivity index (χ3v) is 4.30. The van der Waals surface area contributed by atoms with Gasteiger partial charge in [-0.25, -0.2) is 18.4 Å². The predicted molar refractivity (Wildman–Crippen MR) is 74.8 cm³/mol. The summed E-state index contributed by atoms with van der Waals surface area (Å²) in [6, 6.07) is 1.39. The highest BCUT2D eigenvalue weighted by molar-refractivity contribution is 9.10. The lowest BCUT2D eigenvalue weighted by atomic mass is 10.5. The number of hydrogen-bond acceptors (Lipinski definition) is 5. The van der Waals surface area contributed by atoms with Crippen LogP contribution in [0.1, 0.15) is 0 Å². The van der Waals surface area contributed by atoms with E-state index in [2.05, 4.69) is 35.6 Å². The van der Waals surface area contributed by atoms with Crippen LogP contribution in [0.25, 0.3) is 0 Å². The molecule has 0 aromatic carbocycles. The molecule has 6 nitrogen and oxygen atoms in total. The zero-order valence-electron chi connectivity index (χ0n) is 9.01. The Morgan fingerprint density at radius 3 is 2.37 bits per heavy atom. The summed E-state index contributed by atoms with van der Waals surface area (Å²) in [6.45, 7) is 0. The number of hydrogen-bond donors (Lipinski definition) is 1. The van der Waals surface area contributed by atoms with Crippen molar-refractivity contribution in [3.63, 3.8) is 0 Å². The molecule has 2 rings (SSSR count). The summed E-state index contributed by atoms with van der Waals surface area (Å²) in [5, 5.41) is -0.182. The molecule has 0 aliphatic rings. The van der Waals surface area contributed by atoms with E-state index in [0.717, 1.165) is 6.33 Å². The second-order valence-corrected chi connectivity index (χ2v) is 6.59. The third-order valence-electron chi connectivity index (χ3n) is 1.98. The monoisotopic (exact) mass is 382 g/mol. The maximum absolute atomic E-state index is 12.1. The number of nitrogens with one attached hydrogen (secondary N) is 1. The van der Waals surface area contributed by atoms with Gasteiger partial charge in [-0.1, -0.05) is 23.2 Å². The van der Waals surface area contributed by atoms with Crippen LogP contribution >= 0.6 is 39.1 Å². The molecule has 0 aliphatic heterocycles. The minimum atomic E-state index is -3.87. The van der Waals surface area contributed by atoms with Crippen LogP contribution in [0.4, 0.5) is 5.69 Å². The molecule has 2 aromatic rings. The summed E-state index contributed by atoms with van der Waals surface area (Å²) in [4.78, 5) is 11.0. The van der Waals surface area contributed by atoms with E-state index in [4.69, 9.17) is 23.2 Å². The Morgan fingerprint density at radius 1 is 1.16 bits per heavy atom. The highest BCUT2D eigenvalue weighted by atomic mass is 79.9. The molecule has 0 fully saturated rings. The lowest BCUT2D eigenvalue weighted by Gasteiger charge is -2.09. The van der Waals surface area contributed by atoms with Gasteiger partial charge in [0.25, 0.3) is 10.0 Å². The molecular weight excluding hydrogens is 379 g/mol. The van der Waals surface area contributed by atoms with Crippen LogP contribution in [-0.2, 0) is 10.0 Å². The molecule has 1 N–H and O–H groups in total. The Morgan fingerprint density at radius 2 is 1.79 bits per heavy atom. The highest BCUT2D eigenvalue weighted by Gasteiger charge is 2.19. The van der Waals surface area contributed by atoms with Gasteiger partial charge in [0, 0.05) is 16.9 Å². The summed E-state index contributed by atoms with van der Waals surface area (Å²) in [7, 11) is -3.87. The van der Waals surface area contributed by atoms with E-state index in [9.17, 15) is 8.42 Å². The zero-order chi connectivity index (χ0) is 14.0. The molecule has 10 heteroatoms. The lowest BCUT2D eigenvalue weighted by molar-refractivity contribution is 0.600. The van der Waals surface area contributed by atoms with E-state index in [1.807, 2.05) is 0 Å². The van der Waals surface area contributed by atoms with Crippen LogP contribution in [0.2, 0.25) is 10.3 Å². The minimum absolute atomic E-state index is 0.0436. The fourth-order valence-electron chi connectivity index (χ4n) is 1.16. The van der Waals surface area contributed by atoms with Crippen molar-refractivity contribution in [2.45, 2.75) is 4.90 Å². The molecule has 2 heterocycles. The van der Waals surface area contributed by atoms with E-state index in [1.165, 1.54) is 18.5 Å². The van der Waals surface area contributed by atoms with Crippen LogP contribution < -0.4 is 4.72 Å². The number of rotatable bonds is 3. The quantitative estimate of drug-likeness (QED) is 0.823. The lowest BCUT2D eigenvalue weighted by Crippen LogP contribution is -2.14. The van der Waals surface area contributed by atoms with Crippen molar-refractivity contribution < 1.29 is 8.42 Å². The van der Waals surface area contributed by atoms with E-state index in [1.54, 1.807) is 0 Å². The van der Waals surface area contributed by atoms with Gasteiger partial charge >= 0.3 is 0 Å². The van der Waals surface area contributed by atoms with Crippen molar-refractivity contribution in [2.24, 2.45) is 0 Å². The molecule has 19 heavy (non-hydrogen) atoms. The molecule has 0 saturated heterocycles. The Balaban J connectivity index is 2.42. The van der Waals surface area contributed by atoms with Gasteiger partial charge in [-0.2, -0.15) is 0 Å². The first-order chi connectivity index (χ1) is 8.90. The van der Waals surface area contributed by atoms with Crippen molar-refractivity contribution in [1.82, 2.24) is 15.0 Å². The summed E-state index contributed by atoms with van der Waals surface area (Å²) >= 11 is 14.7. The van der Waals surface area contributed by atoms with Crippen LogP contribution in [0.15, 0.2) is 34.2 Å². The SMILES string of the molecule is O=S(=O)(Nc1c(Cl)ncnc1Cl)c1cncc(Br)c1. The van der Waals surface area contributed by atoms with Crippen LogP contribution in [0.5, 0.6) is 0 Å². The molecule has 0 spiro atoms. The maximum atomic E-state index is 12.1. The average molecular weight is 384 g/mol. The summed E-state index contributed by atoms with van der Waals surface area (Å²) in [6.07, 6.45) is 3.78. The molecule has 0 unspecified atom stereocenters. The fraction of sp³-hybridized carbons (Fsp3) is 0. The highest BCUT2D eigenvalue weighted by Crippen LogP contribution is 2.28. The molecule has 0 radical (unpaired) electrons. The summed E-state index contributed by atoms with van der Waals surface area (Å²) < 4.78 is 27.0. The van der Waals surface area contributed by atoms with Gasteiger partial charge in [0.2, 0.25) is 0 Å². The Bertz CT molecular complexity index is 706. The second kappa shape index (κ2) is 5.58. The van der Waals surface area contributed by atoms with Crippen molar-refractivity contribution in [3.8, 4) is 0 Å². The number of anilines is 1. The van der Waals surface area contributed by atoms with Crippen molar-refractivity contribution in [3.05, 3.63) is 39.6 Å². The van der Waals surface area contributed by atoms with Crippen molar-refractivity contribution in [2.75, 3.05) is 4.72 Å². The van der Waals surface area contributed by atoms with E-state index < -0.39 is 10.0 Å². The molecular formula is C9H5BrCl2N4O2S. The number of nitrogens with zero attached hydrogens (tertiary/aromatic N) is 3. The molecule has 0 aliphatic carbocycles. The normalized spacial score (nSPS) is 11.3. The first-order valence-electron chi connectivity index (χ1n) is 4.69. The summed E-state index contributed by atoms with van der Waals surface area (Å²) in [5.74, 6) is 0. The Kier molecular flexibility index (Phi) is 4.24. The fourth-order valence-corrected chi connectivity index (χ4v) is 3.26. The van der Waals surface area contributed by atoms with Gasteiger partial charge in [0.1, 0.15) is 16.9 Å². The zero-order valence-corrected chi connectivity index (χ0v) is 12.9. The van der Waals surface area contributed by atoms with Crippen LogP contribution in [0, 0.1) is 0 Å². The number of aromatic nitrogens is 3. The van der Waals surface area contributed by atoms with Gasteiger partial charge in [0.15, 0.2) is 10.3 Å². The van der Waals surface area contributed by atoms with Crippen molar-refractivity contribution >= 4 is 54.8 Å².